The van der Waals surface area contributed by atoms with Gasteiger partial charge in [0.1, 0.15) is 11.6 Å². The van der Waals surface area contributed by atoms with Gasteiger partial charge in [0.25, 0.3) is 5.91 Å². The third-order valence-corrected chi connectivity index (χ3v) is 12.5. The van der Waals surface area contributed by atoms with Gasteiger partial charge in [0, 0.05) is 50.5 Å². The van der Waals surface area contributed by atoms with Crippen molar-refractivity contribution in [1.82, 2.24) is 24.7 Å². The standard InChI is InChI=1S/C32H42N6O6S/c33-26-11-5-3-1-2-4-10-23-14-32(23,30(41)35-45(43,44)24-12-13-24)34-28(39)27-25-19-37(17-22(25)18-38(27)29(26)40)31(42)36-15-20-8-6-7-9-21(20)16-36/h4,6-10,22-27H,1-3,5,11-19,33H2,(H,34,39)(H,35,41)/b10-4-/t22-,23+,25-,26+,27-,32+/m0/s1. The molecule has 12 nitrogen and oxygen atoms in total. The Labute approximate surface area is 263 Å². The molecule has 4 fully saturated rings. The van der Waals surface area contributed by atoms with Gasteiger partial charge in [-0.2, -0.15) is 0 Å². The zero-order chi connectivity index (χ0) is 31.5. The van der Waals surface area contributed by atoms with E-state index in [4.69, 9.17) is 5.73 Å². The van der Waals surface area contributed by atoms with Gasteiger partial charge in [-0.15, -0.1) is 0 Å². The first-order valence-corrected chi connectivity index (χ1v) is 17.8. The average molecular weight is 639 g/mol. The molecule has 5 amide bonds. The fourth-order valence-corrected chi connectivity index (χ4v) is 9.15. The quantitative estimate of drug-likeness (QED) is 0.419. The third kappa shape index (κ3) is 5.62. The molecule has 0 spiro atoms. The van der Waals surface area contributed by atoms with E-state index in [9.17, 15) is 27.6 Å². The van der Waals surface area contributed by atoms with Crippen molar-refractivity contribution < 1.29 is 27.6 Å². The second-order valence-electron chi connectivity index (χ2n) is 13.8. The van der Waals surface area contributed by atoms with Crippen molar-refractivity contribution in [3.8, 4) is 0 Å². The van der Waals surface area contributed by atoms with Crippen LogP contribution < -0.4 is 15.8 Å². The van der Waals surface area contributed by atoms with E-state index in [0.717, 1.165) is 36.8 Å². The molecule has 242 valence electrons. The number of nitrogens with zero attached hydrogens (tertiary/aromatic N) is 3. The average Bonchev–Trinajstić information content (AvgIpc) is 3.85. The summed E-state index contributed by atoms with van der Waals surface area (Å²) in [7, 11) is -3.83. The number of nitrogens with one attached hydrogen (secondary N) is 2. The van der Waals surface area contributed by atoms with Crippen LogP contribution in [0.15, 0.2) is 36.4 Å². The molecule has 4 N–H and O–H groups in total. The number of hydrogen-bond donors (Lipinski definition) is 3. The van der Waals surface area contributed by atoms with E-state index in [-0.39, 0.29) is 42.7 Å². The van der Waals surface area contributed by atoms with E-state index in [1.165, 1.54) is 0 Å². The Hall–Kier alpha value is -3.45. The van der Waals surface area contributed by atoms with E-state index in [1.807, 2.05) is 41.3 Å². The fraction of sp³-hybridized carbons (Fsp3) is 0.625. The minimum atomic E-state index is -3.83. The summed E-state index contributed by atoms with van der Waals surface area (Å²) < 4.78 is 27.7. The summed E-state index contributed by atoms with van der Waals surface area (Å²) >= 11 is 0. The highest BCUT2D eigenvalue weighted by Crippen LogP contribution is 2.47. The molecule has 6 atom stereocenters. The number of sulfonamides is 1. The van der Waals surface area contributed by atoms with Crippen LogP contribution in [0.3, 0.4) is 0 Å². The number of amides is 5. The minimum absolute atomic E-state index is 0.0961. The largest absolute Gasteiger partial charge is 0.339 e. The van der Waals surface area contributed by atoms with E-state index in [0.29, 0.717) is 45.4 Å². The molecule has 13 heteroatoms. The van der Waals surface area contributed by atoms with Crippen LogP contribution in [0.1, 0.15) is 62.5 Å². The van der Waals surface area contributed by atoms with Gasteiger partial charge in [-0.25, -0.2) is 13.2 Å². The van der Waals surface area contributed by atoms with Crippen molar-refractivity contribution in [2.24, 2.45) is 23.5 Å². The van der Waals surface area contributed by atoms with Gasteiger partial charge in [-0.1, -0.05) is 49.3 Å². The second-order valence-corrected chi connectivity index (χ2v) is 15.8. The first-order chi connectivity index (χ1) is 21.6. The molecule has 2 saturated carbocycles. The van der Waals surface area contributed by atoms with Gasteiger partial charge in [-0.3, -0.25) is 19.1 Å². The molecule has 0 radical (unpaired) electrons. The summed E-state index contributed by atoms with van der Waals surface area (Å²) in [5.74, 6) is -2.36. The van der Waals surface area contributed by atoms with E-state index in [2.05, 4.69) is 10.0 Å². The lowest BCUT2D eigenvalue weighted by atomic mass is 9.93. The molecule has 1 aromatic rings. The molecular formula is C32H42N6O6S. The third-order valence-electron chi connectivity index (χ3n) is 10.6. The van der Waals surface area contributed by atoms with Crippen molar-refractivity contribution in [1.29, 1.82) is 0 Å². The van der Waals surface area contributed by atoms with Crippen LogP contribution >= 0.6 is 0 Å². The van der Waals surface area contributed by atoms with Gasteiger partial charge < -0.3 is 25.8 Å². The first-order valence-electron chi connectivity index (χ1n) is 16.3. The van der Waals surface area contributed by atoms with Gasteiger partial charge in [-0.05, 0) is 49.7 Å². The highest BCUT2D eigenvalue weighted by molar-refractivity contribution is 7.91. The second kappa shape index (κ2) is 11.4. The molecule has 0 unspecified atom stereocenters. The molecule has 4 heterocycles. The van der Waals surface area contributed by atoms with Crippen LogP contribution in [0.4, 0.5) is 4.79 Å². The number of likely N-dealkylation sites (tertiary alicyclic amines) is 1. The lowest BCUT2D eigenvalue weighted by Crippen LogP contribution is -2.59. The molecule has 1 aromatic carbocycles. The van der Waals surface area contributed by atoms with E-state index < -0.39 is 44.7 Å². The number of benzene rings is 1. The number of carbonyl (C=O) groups is 4. The maximum absolute atomic E-state index is 14.3. The Bertz CT molecular complexity index is 1520. The van der Waals surface area contributed by atoms with Crippen molar-refractivity contribution in [2.75, 3.05) is 19.6 Å². The Morgan fingerprint density at radius 1 is 0.956 bits per heavy atom. The molecule has 45 heavy (non-hydrogen) atoms. The number of allylic oxidation sites excluding steroid dienone is 1. The predicted octanol–water partition coefficient (Wildman–Crippen LogP) is 1.21. The topological polar surface area (TPSA) is 162 Å². The number of hydrogen-bond acceptors (Lipinski definition) is 7. The van der Waals surface area contributed by atoms with E-state index >= 15 is 0 Å². The summed E-state index contributed by atoms with van der Waals surface area (Å²) in [5.41, 5.74) is 7.21. The normalized spacial score (nSPS) is 34.1. The van der Waals surface area contributed by atoms with Gasteiger partial charge in [0.15, 0.2) is 0 Å². The van der Waals surface area contributed by atoms with Gasteiger partial charge >= 0.3 is 6.03 Å². The summed E-state index contributed by atoms with van der Waals surface area (Å²) in [5, 5.41) is 2.35. The number of rotatable bonds is 3. The summed E-state index contributed by atoms with van der Waals surface area (Å²) in [6.45, 7) is 2.06. The van der Waals surface area contributed by atoms with Crippen LogP contribution in [-0.2, 0) is 37.5 Å². The minimum Gasteiger partial charge on any atom is -0.339 e. The molecular weight excluding hydrogens is 596 g/mol. The summed E-state index contributed by atoms with van der Waals surface area (Å²) in [6, 6.07) is 6.20. The van der Waals surface area contributed by atoms with Gasteiger partial charge in [0.2, 0.25) is 21.8 Å². The SMILES string of the molecule is N[C@@H]1CCCCC/C=C\[C@@H]2C[C@@]2(C(=O)NS(=O)(=O)C2CC2)NC(=O)[C@@H]2[C@H]3CN(C(=O)N4Cc5ccccc5C4)C[C@H]3CN2C1=O. The van der Waals surface area contributed by atoms with E-state index in [1.54, 1.807) is 9.80 Å². The van der Waals surface area contributed by atoms with Crippen molar-refractivity contribution in [2.45, 2.75) is 87.3 Å². The number of carbonyl (C=O) groups excluding carboxylic acids is 4. The molecule has 4 aliphatic heterocycles. The maximum atomic E-state index is 14.3. The van der Waals surface area contributed by atoms with Crippen LogP contribution in [0.25, 0.3) is 0 Å². The van der Waals surface area contributed by atoms with Crippen molar-refractivity contribution in [3.05, 3.63) is 47.5 Å². The smallest absolute Gasteiger partial charge is 0.320 e. The zero-order valence-electron chi connectivity index (χ0n) is 25.4. The number of fused-ring (bicyclic) bond motifs is 5. The first kappa shape index (κ1) is 30.2. The van der Waals surface area contributed by atoms with Crippen LogP contribution in [0.2, 0.25) is 0 Å². The molecule has 2 aliphatic carbocycles. The highest BCUT2D eigenvalue weighted by atomic mass is 32.2. The summed E-state index contributed by atoms with van der Waals surface area (Å²) in [4.78, 5) is 60.3. The molecule has 2 saturated heterocycles. The Morgan fingerprint density at radius 2 is 1.69 bits per heavy atom. The fourth-order valence-electron chi connectivity index (χ4n) is 7.79. The maximum Gasteiger partial charge on any atom is 0.320 e. The lowest BCUT2D eigenvalue weighted by molar-refractivity contribution is -0.141. The van der Waals surface area contributed by atoms with Gasteiger partial charge in [0.05, 0.1) is 11.3 Å². The number of nitrogens with two attached hydrogens (primary N) is 1. The van der Waals surface area contributed by atoms with Crippen LogP contribution in [0.5, 0.6) is 0 Å². The Morgan fingerprint density at radius 3 is 2.40 bits per heavy atom. The molecule has 7 rings (SSSR count). The lowest BCUT2D eigenvalue weighted by Gasteiger charge is -2.32. The predicted molar refractivity (Wildman–Crippen MR) is 164 cm³/mol. The Kier molecular flexibility index (Phi) is 7.66. The molecule has 6 aliphatic rings. The Balaban J connectivity index is 1.13. The van der Waals surface area contributed by atoms with Crippen LogP contribution in [-0.4, -0.2) is 89.4 Å². The highest BCUT2D eigenvalue weighted by Gasteiger charge is 2.63. The van der Waals surface area contributed by atoms with Crippen LogP contribution in [0, 0.1) is 17.8 Å². The summed E-state index contributed by atoms with van der Waals surface area (Å²) in [6.07, 6.45) is 9.04. The monoisotopic (exact) mass is 638 g/mol. The van der Waals surface area contributed by atoms with Crippen molar-refractivity contribution >= 4 is 33.8 Å². The van der Waals surface area contributed by atoms with Crippen molar-refractivity contribution in [3.63, 3.8) is 0 Å². The zero-order valence-corrected chi connectivity index (χ0v) is 26.2. The number of urea groups is 1. The molecule has 0 bridgehead atoms. The molecule has 0 aromatic heterocycles.